The molecule has 1 saturated heterocycles. The van der Waals surface area contributed by atoms with E-state index in [-0.39, 0.29) is 11.6 Å². The Labute approximate surface area is 165 Å². The van der Waals surface area contributed by atoms with E-state index >= 15 is 0 Å². The predicted molar refractivity (Wildman–Crippen MR) is 111 cm³/mol. The molecule has 8 nitrogen and oxygen atoms in total. The van der Waals surface area contributed by atoms with Crippen LogP contribution >= 0.6 is 11.6 Å². The Bertz CT molecular complexity index is 1290. The van der Waals surface area contributed by atoms with E-state index in [9.17, 15) is 4.79 Å². The molecule has 0 amide bonds. The number of fused-ring (bicyclic) bond motifs is 2. The first-order valence-corrected chi connectivity index (χ1v) is 9.52. The minimum atomic E-state index is -0.112. The van der Waals surface area contributed by atoms with Gasteiger partial charge in [-0.25, -0.2) is 0 Å². The first-order chi connectivity index (χ1) is 13.4. The SMILES string of the molecule is Cn1cc2c(Cl)c(-c3c[nH]c4nc(N5CC[C@H](N)C5)n(C)c(=O)c34)ccc2n1. The lowest BCUT2D eigenvalue weighted by atomic mass is 10.0. The average Bonchev–Trinajstić information content (AvgIpc) is 3.36. The lowest BCUT2D eigenvalue weighted by Crippen LogP contribution is -2.32. The van der Waals surface area contributed by atoms with Crippen LogP contribution in [-0.2, 0) is 14.1 Å². The standard InChI is InChI=1S/C19H20ClN7O/c1-25-9-13-14(24-25)4-3-11(16(13)20)12-7-22-17-15(12)18(28)26(2)19(23-17)27-6-5-10(21)8-27/h3-4,7,9-10,22H,5-6,8,21H2,1-2H3/t10-/m0/s1. The number of halogens is 1. The lowest BCUT2D eigenvalue weighted by Gasteiger charge is -2.19. The molecule has 0 bridgehead atoms. The molecule has 144 valence electrons. The molecule has 28 heavy (non-hydrogen) atoms. The van der Waals surface area contributed by atoms with Gasteiger partial charge in [0, 0.05) is 62.1 Å². The Morgan fingerprint density at radius 3 is 2.86 bits per heavy atom. The van der Waals surface area contributed by atoms with E-state index in [1.54, 1.807) is 22.5 Å². The zero-order valence-corrected chi connectivity index (χ0v) is 16.4. The first kappa shape index (κ1) is 17.3. The minimum Gasteiger partial charge on any atom is -0.345 e. The first-order valence-electron chi connectivity index (χ1n) is 9.15. The Kier molecular flexibility index (Phi) is 3.75. The van der Waals surface area contributed by atoms with E-state index in [1.165, 1.54) is 0 Å². The lowest BCUT2D eigenvalue weighted by molar-refractivity contribution is 0.740. The van der Waals surface area contributed by atoms with Crippen LogP contribution < -0.4 is 16.2 Å². The van der Waals surface area contributed by atoms with Crippen LogP contribution in [0.4, 0.5) is 5.95 Å². The minimum absolute atomic E-state index is 0.108. The normalized spacial score (nSPS) is 17.3. The number of aryl methyl sites for hydroxylation is 1. The van der Waals surface area contributed by atoms with Crippen LogP contribution in [0, 0.1) is 0 Å². The molecule has 0 saturated carbocycles. The van der Waals surface area contributed by atoms with Gasteiger partial charge in [0.25, 0.3) is 5.56 Å². The molecule has 3 aromatic heterocycles. The number of benzene rings is 1. The Hall–Kier alpha value is -2.84. The highest BCUT2D eigenvalue weighted by Crippen LogP contribution is 2.36. The summed E-state index contributed by atoms with van der Waals surface area (Å²) in [6, 6.07) is 3.91. The molecular weight excluding hydrogens is 378 g/mol. The van der Waals surface area contributed by atoms with E-state index in [0.29, 0.717) is 28.5 Å². The predicted octanol–water partition coefficient (Wildman–Crippen LogP) is 2.01. The largest absolute Gasteiger partial charge is 0.345 e. The van der Waals surface area contributed by atoms with Gasteiger partial charge in [0.2, 0.25) is 5.95 Å². The molecule has 1 atom stereocenters. The third kappa shape index (κ3) is 2.45. The number of nitrogens with one attached hydrogen (secondary N) is 1. The number of rotatable bonds is 2. The van der Waals surface area contributed by atoms with Crippen molar-refractivity contribution < 1.29 is 0 Å². The van der Waals surface area contributed by atoms with Gasteiger partial charge in [-0.15, -0.1) is 0 Å². The van der Waals surface area contributed by atoms with Gasteiger partial charge >= 0.3 is 0 Å². The monoisotopic (exact) mass is 397 g/mol. The van der Waals surface area contributed by atoms with Crippen molar-refractivity contribution in [2.75, 3.05) is 18.0 Å². The number of H-pyrrole nitrogens is 1. The number of hydrogen-bond acceptors (Lipinski definition) is 5. The van der Waals surface area contributed by atoms with Gasteiger partial charge in [0.1, 0.15) is 5.65 Å². The van der Waals surface area contributed by atoms with Crippen molar-refractivity contribution in [2.45, 2.75) is 12.5 Å². The fourth-order valence-electron chi connectivity index (χ4n) is 4.00. The van der Waals surface area contributed by atoms with E-state index in [1.807, 2.05) is 25.4 Å². The maximum atomic E-state index is 13.2. The van der Waals surface area contributed by atoms with Crippen molar-refractivity contribution in [3.8, 4) is 11.1 Å². The topological polar surface area (TPSA) is 97.8 Å². The summed E-state index contributed by atoms with van der Waals surface area (Å²) in [5.74, 6) is 0.632. The number of aromatic amines is 1. The highest BCUT2D eigenvalue weighted by molar-refractivity contribution is 6.38. The van der Waals surface area contributed by atoms with Gasteiger partial charge in [-0.05, 0) is 12.5 Å². The van der Waals surface area contributed by atoms with Crippen LogP contribution in [0.2, 0.25) is 5.02 Å². The second kappa shape index (κ2) is 6.08. The summed E-state index contributed by atoms with van der Waals surface area (Å²) in [5, 5.41) is 6.33. The van der Waals surface area contributed by atoms with E-state index in [2.05, 4.69) is 15.0 Å². The van der Waals surface area contributed by atoms with Gasteiger partial charge < -0.3 is 15.6 Å². The summed E-state index contributed by atoms with van der Waals surface area (Å²) in [4.78, 5) is 23.1. The fraction of sp³-hybridized carbons (Fsp3) is 0.316. The molecule has 9 heteroatoms. The number of aromatic nitrogens is 5. The zero-order valence-electron chi connectivity index (χ0n) is 15.6. The Balaban J connectivity index is 1.71. The molecule has 4 heterocycles. The highest BCUT2D eigenvalue weighted by atomic mass is 35.5. The smallest absolute Gasteiger partial charge is 0.264 e. The maximum Gasteiger partial charge on any atom is 0.264 e. The molecule has 1 aromatic carbocycles. The van der Waals surface area contributed by atoms with Crippen LogP contribution in [0.5, 0.6) is 0 Å². The summed E-state index contributed by atoms with van der Waals surface area (Å²) in [6.07, 6.45) is 4.56. The Morgan fingerprint density at radius 2 is 2.11 bits per heavy atom. The summed E-state index contributed by atoms with van der Waals surface area (Å²) in [6.45, 7) is 1.49. The number of hydrogen-bond donors (Lipinski definition) is 2. The zero-order chi connectivity index (χ0) is 19.6. The van der Waals surface area contributed by atoms with Crippen molar-refractivity contribution in [1.29, 1.82) is 0 Å². The van der Waals surface area contributed by atoms with Crippen LogP contribution in [0.25, 0.3) is 33.1 Å². The van der Waals surface area contributed by atoms with Crippen molar-refractivity contribution in [3.05, 3.63) is 39.9 Å². The average molecular weight is 398 g/mol. The molecular formula is C19H20ClN7O. The molecule has 0 radical (unpaired) electrons. The van der Waals surface area contributed by atoms with Crippen LogP contribution in [0.3, 0.4) is 0 Å². The Morgan fingerprint density at radius 1 is 1.29 bits per heavy atom. The number of nitrogens with two attached hydrogens (primary N) is 1. The number of anilines is 1. The highest BCUT2D eigenvalue weighted by Gasteiger charge is 2.25. The fourth-order valence-corrected chi connectivity index (χ4v) is 4.31. The second-order valence-corrected chi connectivity index (χ2v) is 7.74. The number of nitrogens with zero attached hydrogens (tertiary/aromatic N) is 5. The summed E-state index contributed by atoms with van der Waals surface area (Å²) < 4.78 is 3.32. The molecule has 0 spiro atoms. The van der Waals surface area contributed by atoms with Crippen molar-refractivity contribution in [1.82, 2.24) is 24.3 Å². The van der Waals surface area contributed by atoms with Gasteiger partial charge in [0.05, 0.1) is 15.9 Å². The summed E-state index contributed by atoms with van der Waals surface area (Å²) in [7, 11) is 3.60. The van der Waals surface area contributed by atoms with Crippen molar-refractivity contribution in [3.63, 3.8) is 0 Å². The van der Waals surface area contributed by atoms with E-state index in [4.69, 9.17) is 22.3 Å². The van der Waals surface area contributed by atoms with Gasteiger partial charge in [0.15, 0.2) is 0 Å². The van der Waals surface area contributed by atoms with Crippen LogP contribution in [0.1, 0.15) is 6.42 Å². The molecule has 1 aliphatic heterocycles. The molecule has 5 rings (SSSR count). The van der Waals surface area contributed by atoms with Gasteiger partial charge in [-0.3, -0.25) is 14.0 Å². The molecule has 0 unspecified atom stereocenters. The summed E-state index contributed by atoms with van der Waals surface area (Å²) in [5.41, 5.74) is 8.80. The third-order valence-corrected chi connectivity index (χ3v) is 5.83. The molecule has 1 fully saturated rings. The van der Waals surface area contributed by atoms with E-state index < -0.39 is 0 Å². The molecule has 1 aliphatic rings. The second-order valence-electron chi connectivity index (χ2n) is 7.36. The third-order valence-electron chi connectivity index (χ3n) is 5.43. The van der Waals surface area contributed by atoms with Gasteiger partial charge in [-0.2, -0.15) is 10.1 Å². The molecule has 0 aliphatic carbocycles. The summed E-state index contributed by atoms with van der Waals surface area (Å²) >= 11 is 6.67. The van der Waals surface area contributed by atoms with Crippen molar-refractivity contribution in [2.24, 2.45) is 19.8 Å². The quantitative estimate of drug-likeness (QED) is 0.539. The van der Waals surface area contributed by atoms with Crippen LogP contribution in [0.15, 0.2) is 29.3 Å². The maximum absolute atomic E-state index is 13.2. The van der Waals surface area contributed by atoms with Crippen LogP contribution in [-0.4, -0.2) is 43.4 Å². The van der Waals surface area contributed by atoms with E-state index in [0.717, 1.165) is 35.0 Å². The molecule has 4 aromatic rings. The van der Waals surface area contributed by atoms with Crippen molar-refractivity contribution >= 4 is 39.5 Å². The molecule has 3 N–H and O–H groups in total. The van der Waals surface area contributed by atoms with Gasteiger partial charge in [-0.1, -0.05) is 17.7 Å².